The Morgan fingerprint density at radius 3 is 2.06 bits per heavy atom. The quantitative estimate of drug-likeness (QED) is 0.101. The molecule has 2 aromatic rings. The highest BCUT2D eigenvalue weighted by Gasteiger charge is 2.32. The highest BCUT2D eigenvalue weighted by Crippen LogP contribution is 2.30. The zero-order chi connectivity index (χ0) is 23.8. The fourth-order valence-electron chi connectivity index (χ4n) is 2.64. The summed E-state index contributed by atoms with van der Waals surface area (Å²) in [7, 11) is 0. The van der Waals surface area contributed by atoms with Crippen LogP contribution in [0.1, 0.15) is 36.5 Å². The third-order valence-electron chi connectivity index (χ3n) is 4.34. The molecule has 1 atom stereocenters. The van der Waals surface area contributed by atoms with Crippen molar-refractivity contribution in [1.29, 1.82) is 0 Å². The second-order valence-corrected chi connectivity index (χ2v) is 6.61. The normalized spacial score (nSPS) is 11.6. The van der Waals surface area contributed by atoms with Crippen LogP contribution in [0.15, 0.2) is 30.3 Å². The van der Waals surface area contributed by atoms with Crippen molar-refractivity contribution in [2.24, 2.45) is 5.92 Å². The van der Waals surface area contributed by atoms with Crippen LogP contribution in [0.3, 0.4) is 0 Å². The lowest BCUT2D eigenvalue weighted by Gasteiger charge is -2.22. The molecule has 0 heterocycles. The number of hydroxylamine groups is 2. The minimum atomic E-state index is -2.40. The molecule has 0 aliphatic carbocycles. The Hall–Kier alpha value is -3.50. The van der Waals surface area contributed by atoms with Gasteiger partial charge in [0.25, 0.3) is 0 Å². The number of amides is 1. The summed E-state index contributed by atoms with van der Waals surface area (Å²) in [5.74, 6) is -16.9. The fraction of sp³-hybridized carbons (Fsp3) is 0.286. The molecule has 0 saturated heterocycles. The van der Waals surface area contributed by atoms with Crippen LogP contribution in [0.5, 0.6) is 5.75 Å². The molecule has 0 aliphatic rings. The molecule has 0 aliphatic heterocycles. The molecule has 2 rings (SSSR count). The van der Waals surface area contributed by atoms with Crippen LogP contribution in [-0.2, 0) is 14.4 Å². The van der Waals surface area contributed by atoms with Gasteiger partial charge in [-0.3, -0.25) is 9.59 Å². The topological polar surface area (TPSA) is 72.9 Å². The highest BCUT2D eigenvalue weighted by molar-refractivity contribution is 5.89. The summed E-state index contributed by atoms with van der Waals surface area (Å²) in [6.45, 7) is 1.19. The number of hydrogen-bond acceptors (Lipinski definition) is 5. The van der Waals surface area contributed by atoms with Gasteiger partial charge in [-0.25, -0.2) is 18.0 Å². The van der Waals surface area contributed by atoms with E-state index in [9.17, 15) is 36.3 Å². The Labute approximate surface area is 179 Å². The van der Waals surface area contributed by atoms with E-state index in [4.69, 9.17) is 4.84 Å². The highest BCUT2D eigenvalue weighted by atomic mass is 19.2. The van der Waals surface area contributed by atoms with Crippen LogP contribution in [0.25, 0.3) is 0 Å². The summed E-state index contributed by atoms with van der Waals surface area (Å²) in [5.41, 5.74) is 0.105. The second kappa shape index (κ2) is 11.2. The van der Waals surface area contributed by atoms with E-state index in [-0.39, 0.29) is 18.4 Å². The van der Waals surface area contributed by atoms with Crippen molar-refractivity contribution in [3.05, 3.63) is 65.0 Å². The van der Waals surface area contributed by atoms with Crippen LogP contribution < -0.4 is 4.74 Å². The van der Waals surface area contributed by atoms with Crippen LogP contribution in [0, 0.1) is 35.0 Å². The van der Waals surface area contributed by atoms with Crippen LogP contribution >= 0.6 is 0 Å². The maximum Gasteiger partial charge on any atom is 0.363 e. The Kier molecular flexibility index (Phi) is 8.68. The van der Waals surface area contributed by atoms with Gasteiger partial charge in [-0.1, -0.05) is 38.0 Å². The molecule has 0 bridgehead atoms. The fourth-order valence-corrected chi connectivity index (χ4v) is 2.64. The van der Waals surface area contributed by atoms with Crippen molar-refractivity contribution >= 4 is 18.3 Å². The van der Waals surface area contributed by atoms with Crippen molar-refractivity contribution in [3.8, 4) is 5.75 Å². The average Bonchev–Trinajstić information content (AvgIpc) is 2.81. The third-order valence-corrected chi connectivity index (χ3v) is 4.34. The maximum absolute atomic E-state index is 13.8. The first-order valence-electron chi connectivity index (χ1n) is 9.43. The first-order valence-corrected chi connectivity index (χ1v) is 9.43. The first-order chi connectivity index (χ1) is 15.2. The predicted octanol–water partition coefficient (Wildman–Crippen LogP) is 4.32. The standard InChI is InChI=1S/C21H18F5NO5/c1-2-3-7-13(10-27(11-28)32-21(30)12-8-5-4-6-9-12)20(29)31-19-17(25)15(23)14(22)16(24)18(19)26/h4-6,8-9,11,13H,2-3,7,10H2,1H3/t13-/m1/s1. The number of carbonyl (C=O) groups is 3. The number of rotatable bonds is 10. The number of esters is 1. The maximum atomic E-state index is 13.8. The summed E-state index contributed by atoms with van der Waals surface area (Å²) in [4.78, 5) is 40.8. The van der Waals surface area contributed by atoms with Crippen molar-refractivity contribution in [1.82, 2.24) is 5.06 Å². The van der Waals surface area contributed by atoms with E-state index in [1.165, 1.54) is 12.1 Å². The molecule has 0 fully saturated rings. The largest absolute Gasteiger partial charge is 0.420 e. The Morgan fingerprint density at radius 2 is 1.53 bits per heavy atom. The Balaban J connectivity index is 2.21. The Bertz CT molecular complexity index is 957. The van der Waals surface area contributed by atoms with Gasteiger partial charge in [0.05, 0.1) is 18.0 Å². The van der Waals surface area contributed by atoms with Crippen LogP contribution in [-0.4, -0.2) is 30.0 Å². The van der Waals surface area contributed by atoms with E-state index in [1.54, 1.807) is 25.1 Å². The van der Waals surface area contributed by atoms with Crippen LogP contribution in [0.4, 0.5) is 22.0 Å². The molecule has 0 aromatic heterocycles. The molecule has 0 unspecified atom stereocenters. The molecule has 0 spiro atoms. The van der Waals surface area contributed by atoms with Gasteiger partial charge in [0.2, 0.25) is 41.2 Å². The van der Waals surface area contributed by atoms with Crippen molar-refractivity contribution in [3.63, 3.8) is 0 Å². The number of unbranched alkanes of at least 4 members (excludes halogenated alkanes) is 1. The monoisotopic (exact) mass is 459 g/mol. The number of hydrogen-bond donors (Lipinski definition) is 0. The van der Waals surface area contributed by atoms with Gasteiger partial charge in [0.15, 0.2) is 0 Å². The van der Waals surface area contributed by atoms with E-state index in [0.717, 1.165) is 0 Å². The minimum absolute atomic E-state index is 0.0119. The number of nitrogens with zero attached hydrogens (tertiary/aromatic N) is 1. The molecular weight excluding hydrogens is 441 g/mol. The summed E-state index contributed by atoms with van der Waals surface area (Å²) in [5, 5.41) is 0.482. The summed E-state index contributed by atoms with van der Waals surface area (Å²) in [6.07, 6.45) is 1.07. The summed E-state index contributed by atoms with van der Waals surface area (Å²) < 4.78 is 72.0. The van der Waals surface area contributed by atoms with Crippen molar-refractivity contribution in [2.75, 3.05) is 6.54 Å². The lowest BCUT2D eigenvalue weighted by molar-refractivity contribution is -0.160. The molecule has 0 radical (unpaired) electrons. The molecule has 11 heteroatoms. The van der Waals surface area contributed by atoms with E-state index in [1.807, 2.05) is 0 Å². The smallest absolute Gasteiger partial charge is 0.363 e. The van der Waals surface area contributed by atoms with E-state index in [2.05, 4.69) is 4.74 Å². The number of benzene rings is 2. The van der Waals surface area contributed by atoms with Gasteiger partial charge in [0.1, 0.15) is 0 Å². The van der Waals surface area contributed by atoms with Gasteiger partial charge in [0, 0.05) is 0 Å². The summed E-state index contributed by atoms with van der Waals surface area (Å²) in [6, 6.07) is 7.57. The number of halogens is 5. The minimum Gasteiger partial charge on any atom is -0.420 e. The molecular formula is C21H18F5NO5. The van der Waals surface area contributed by atoms with Gasteiger partial charge in [-0.05, 0) is 18.6 Å². The summed E-state index contributed by atoms with van der Waals surface area (Å²) >= 11 is 0. The molecule has 6 nitrogen and oxygen atoms in total. The SMILES string of the molecule is CCCC[C@H](CN(C=O)OC(=O)c1ccccc1)C(=O)Oc1c(F)c(F)c(F)c(F)c1F. The molecule has 172 valence electrons. The van der Waals surface area contributed by atoms with E-state index < -0.39 is 59.2 Å². The molecule has 32 heavy (non-hydrogen) atoms. The predicted molar refractivity (Wildman–Crippen MR) is 99.5 cm³/mol. The van der Waals surface area contributed by atoms with E-state index in [0.29, 0.717) is 17.9 Å². The van der Waals surface area contributed by atoms with Crippen molar-refractivity contribution in [2.45, 2.75) is 26.2 Å². The van der Waals surface area contributed by atoms with Gasteiger partial charge >= 0.3 is 11.9 Å². The first kappa shape index (κ1) is 24.8. The molecule has 0 saturated carbocycles. The van der Waals surface area contributed by atoms with Crippen LogP contribution in [0.2, 0.25) is 0 Å². The lowest BCUT2D eigenvalue weighted by atomic mass is 10.0. The van der Waals surface area contributed by atoms with E-state index >= 15 is 0 Å². The van der Waals surface area contributed by atoms with Crippen molar-refractivity contribution < 1.29 is 45.9 Å². The zero-order valence-electron chi connectivity index (χ0n) is 16.7. The molecule has 1 amide bonds. The lowest BCUT2D eigenvalue weighted by Crippen LogP contribution is -2.36. The van der Waals surface area contributed by atoms with Gasteiger partial charge in [-0.2, -0.15) is 13.8 Å². The van der Waals surface area contributed by atoms with Gasteiger partial charge in [-0.15, -0.1) is 0 Å². The third kappa shape index (κ3) is 5.80. The average molecular weight is 459 g/mol. The molecule has 0 N–H and O–H groups in total. The second-order valence-electron chi connectivity index (χ2n) is 6.61. The number of carbonyl (C=O) groups excluding carboxylic acids is 3. The number of ether oxygens (including phenoxy) is 1. The Morgan fingerprint density at radius 1 is 0.969 bits per heavy atom. The van der Waals surface area contributed by atoms with Gasteiger partial charge < -0.3 is 9.57 Å². The zero-order valence-corrected chi connectivity index (χ0v) is 16.7. The molecule has 2 aromatic carbocycles.